The molecule has 1 aliphatic rings. The van der Waals surface area contributed by atoms with Gasteiger partial charge < -0.3 is 0 Å². The lowest BCUT2D eigenvalue weighted by Crippen LogP contribution is -2.12. The minimum atomic E-state index is 0.268. The maximum atomic E-state index is 3.63. The average molecular weight is 267 g/mol. The van der Waals surface area contributed by atoms with Crippen LogP contribution in [-0.4, -0.2) is 5.33 Å². The van der Waals surface area contributed by atoms with Crippen LogP contribution in [0.5, 0.6) is 0 Å². The minimum Gasteiger partial charge on any atom is -0.0918 e. The van der Waals surface area contributed by atoms with E-state index < -0.39 is 0 Å². The highest BCUT2D eigenvalue weighted by molar-refractivity contribution is 9.09. The summed E-state index contributed by atoms with van der Waals surface area (Å²) in [4.78, 5) is 0. The van der Waals surface area contributed by atoms with Crippen molar-refractivity contribution in [3.63, 3.8) is 0 Å². The van der Waals surface area contributed by atoms with Gasteiger partial charge in [0.15, 0.2) is 0 Å². The first-order valence-electron chi connectivity index (χ1n) is 5.65. The van der Waals surface area contributed by atoms with Crippen molar-refractivity contribution in [2.24, 2.45) is 0 Å². The van der Waals surface area contributed by atoms with Crippen LogP contribution in [0.1, 0.15) is 44.7 Å². The predicted molar refractivity (Wildman–Crippen MR) is 69.8 cm³/mol. The van der Waals surface area contributed by atoms with E-state index in [1.807, 2.05) is 0 Å². The van der Waals surface area contributed by atoms with Gasteiger partial charge in [0.25, 0.3) is 0 Å². The number of alkyl halides is 1. The van der Waals surface area contributed by atoms with Crippen molar-refractivity contribution in [2.75, 3.05) is 5.33 Å². The quantitative estimate of drug-likeness (QED) is 0.696. The van der Waals surface area contributed by atoms with Crippen LogP contribution >= 0.6 is 15.9 Å². The molecule has 82 valence electrons. The smallest absolute Gasteiger partial charge is 0.0129 e. The van der Waals surface area contributed by atoms with Crippen molar-refractivity contribution in [1.29, 1.82) is 0 Å². The standard InChI is InChI=1S/C14H19Br/c1-13(2,3)11-4-6-12(7-5-11)14(10-15)8-9-14/h4-7H,8-10H2,1-3H3. The largest absolute Gasteiger partial charge is 0.0918 e. The molecule has 0 radical (unpaired) electrons. The Labute approximate surface area is 101 Å². The Kier molecular flexibility index (Phi) is 2.70. The van der Waals surface area contributed by atoms with E-state index in [9.17, 15) is 0 Å². The first-order valence-corrected chi connectivity index (χ1v) is 6.77. The number of hydrogen-bond donors (Lipinski definition) is 0. The van der Waals surface area contributed by atoms with Crippen molar-refractivity contribution >= 4 is 15.9 Å². The van der Waals surface area contributed by atoms with Gasteiger partial charge in [-0.15, -0.1) is 0 Å². The van der Waals surface area contributed by atoms with E-state index in [0.29, 0.717) is 5.41 Å². The van der Waals surface area contributed by atoms with Crippen molar-refractivity contribution in [3.05, 3.63) is 35.4 Å². The van der Waals surface area contributed by atoms with Gasteiger partial charge in [0, 0.05) is 10.7 Å². The van der Waals surface area contributed by atoms with Crippen molar-refractivity contribution in [2.45, 2.75) is 44.4 Å². The molecular weight excluding hydrogens is 248 g/mol. The Bertz CT molecular complexity index is 339. The molecule has 1 saturated carbocycles. The fourth-order valence-electron chi connectivity index (χ4n) is 1.97. The Morgan fingerprint density at radius 3 is 2.00 bits per heavy atom. The van der Waals surface area contributed by atoms with E-state index in [-0.39, 0.29) is 5.41 Å². The zero-order valence-corrected chi connectivity index (χ0v) is 11.4. The highest BCUT2D eigenvalue weighted by atomic mass is 79.9. The van der Waals surface area contributed by atoms with Crippen LogP contribution in [0.4, 0.5) is 0 Å². The predicted octanol–water partition coefficient (Wildman–Crippen LogP) is 4.41. The van der Waals surface area contributed by atoms with Crippen LogP contribution in [0.2, 0.25) is 0 Å². The third-order valence-electron chi connectivity index (χ3n) is 3.47. The van der Waals surface area contributed by atoms with Gasteiger partial charge in [-0.25, -0.2) is 0 Å². The molecule has 0 amide bonds. The Balaban J connectivity index is 2.25. The maximum Gasteiger partial charge on any atom is 0.0129 e. The van der Waals surface area contributed by atoms with E-state index in [2.05, 4.69) is 61.0 Å². The lowest BCUT2D eigenvalue weighted by atomic mass is 9.85. The van der Waals surface area contributed by atoms with Crippen LogP contribution in [0.25, 0.3) is 0 Å². The average Bonchev–Trinajstić information content (AvgIpc) is 2.97. The highest BCUT2D eigenvalue weighted by Crippen LogP contribution is 2.49. The fraction of sp³-hybridized carbons (Fsp3) is 0.571. The lowest BCUT2D eigenvalue weighted by Gasteiger charge is -2.20. The molecule has 0 atom stereocenters. The first-order chi connectivity index (χ1) is 6.98. The van der Waals surface area contributed by atoms with E-state index in [0.717, 1.165) is 5.33 Å². The van der Waals surface area contributed by atoms with Gasteiger partial charge in [0.1, 0.15) is 0 Å². The van der Waals surface area contributed by atoms with E-state index in [4.69, 9.17) is 0 Å². The normalized spacial score (nSPS) is 18.9. The van der Waals surface area contributed by atoms with E-state index in [1.165, 1.54) is 24.0 Å². The third-order valence-corrected chi connectivity index (χ3v) is 4.55. The molecule has 0 heterocycles. The van der Waals surface area contributed by atoms with E-state index >= 15 is 0 Å². The zero-order valence-electron chi connectivity index (χ0n) is 9.81. The molecule has 2 rings (SSSR count). The summed E-state index contributed by atoms with van der Waals surface area (Å²) >= 11 is 3.63. The summed E-state index contributed by atoms with van der Waals surface area (Å²) in [5.41, 5.74) is 3.67. The number of halogens is 1. The number of benzene rings is 1. The molecule has 0 bridgehead atoms. The van der Waals surface area contributed by atoms with Crippen LogP contribution in [0.15, 0.2) is 24.3 Å². The van der Waals surface area contributed by atoms with Crippen LogP contribution < -0.4 is 0 Å². The maximum absolute atomic E-state index is 3.63. The zero-order chi connectivity index (χ0) is 11.1. The van der Waals surface area contributed by atoms with Crippen LogP contribution in [0, 0.1) is 0 Å². The summed E-state index contributed by atoms with van der Waals surface area (Å²) in [6.07, 6.45) is 2.68. The monoisotopic (exact) mass is 266 g/mol. The third kappa shape index (κ3) is 2.13. The SMILES string of the molecule is CC(C)(C)c1ccc(C2(CBr)CC2)cc1. The molecule has 0 aliphatic heterocycles. The minimum absolute atomic E-state index is 0.268. The summed E-state index contributed by atoms with van der Waals surface area (Å²) in [5, 5.41) is 1.11. The molecule has 1 heteroatoms. The summed E-state index contributed by atoms with van der Waals surface area (Å²) < 4.78 is 0. The Morgan fingerprint density at radius 1 is 1.13 bits per heavy atom. The van der Waals surface area contributed by atoms with Gasteiger partial charge >= 0.3 is 0 Å². The Hall–Kier alpha value is -0.300. The van der Waals surface area contributed by atoms with Crippen molar-refractivity contribution < 1.29 is 0 Å². The van der Waals surface area contributed by atoms with Gasteiger partial charge in [-0.3, -0.25) is 0 Å². The van der Waals surface area contributed by atoms with Crippen molar-refractivity contribution in [3.8, 4) is 0 Å². The van der Waals surface area contributed by atoms with Gasteiger partial charge in [-0.1, -0.05) is 61.0 Å². The molecule has 1 aromatic rings. The lowest BCUT2D eigenvalue weighted by molar-refractivity contribution is 0.589. The van der Waals surface area contributed by atoms with Gasteiger partial charge in [0.2, 0.25) is 0 Å². The first kappa shape index (κ1) is 11.2. The van der Waals surface area contributed by atoms with Crippen molar-refractivity contribution in [1.82, 2.24) is 0 Å². The van der Waals surface area contributed by atoms with Crippen LogP contribution in [0.3, 0.4) is 0 Å². The summed E-state index contributed by atoms with van der Waals surface area (Å²) in [5.74, 6) is 0. The van der Waals surface area contributed by atoms with Gasteiger partial charge in [0.05, 0.1) is 0 Å². The number of rotatable bonds is 2. The molecule has 0 nitrogen and oxygen atoms in total. The molecule has 1 aliphatic carbocycles. The second kappa shape index (κ2) is 3.62. The van der Waals surface area contributed by atoms with Gasteiger partial charge in [-0.2, -0.15) is 0 Å². The molecule has 0 spiro atoms. The molecule has 1 fully saturated rings. The molecule has 15 heavy (non-hydrogen) atoms. The van der Waals surface area contributed by atoms with E-state index in [1.54, 1.807) is 0 Å². The highest BCUT2D eigenvalue weighted by Gasteiger charge is 2.42. The second-order valence-electron chi connectivity index (χ2n) is 5.74. The van der Waals surface area contributed by atoms with Crippen LogP contribution in [-0.2, 0) is 10.8 Å². The fourth-order valence-corrected chi connectivity index (χ4v) is 2.86. The molecule has 0 unspecified atom stereocenters. The Morgan fingerprint density at radius 2 is 1.67 bits per heavy atom. The molecule has 1 aromatic carbocycles. The second-order valence-corrected chi connectivity index (χ2v) is 6.30. The number of hydrogen-bond acceptors (Lipinski definition) is 0. The molecule has 0 saturated heterocycles. The molecular formula is C14H19Br. The topological polar surface area (TPSA) is 0 Å². The molecule has 0 N–H and O–H groups in total. The molecule has 0 aromatic heterocycles. The summed E-state index contributed by atoms with van der Waals surface area (Å²) in [7, 11) is 0. The van der Waals surface area contributed by atoms with Gasteiger partial charge in [-0.05, 0) is 29.4 Å². The summed E-state index contributed by atoms with van der Waals surface area (Å²) in [6.45, 7) is 6.79. The summed E-state index contributed by atoms with van der Waals surface area (Å²) in [6, 6.07) is 9.21.